The van der Waals surface area contributed by atoms with E-state index in [1.165, 1.54) is 6.42 Å². The Morgan fingerprint density at radius 2 is 2.21 bits per heavy atom. The minimum atomic E-state index is -0.504. The van der Waals surface area contributed by atoms with Crippen LogP contribution < -0.4 is 4.74 Å². The maximum absolute atomic E-state index is 10.4. The van der Waals surface area contributed by atoms with Gasteiger partial charge in [-0.1, -0.05) is 25.1 Å². The number of hydrogen-bond donors (Lipinski definition) is 1. The highest BCUT2D eigenvalue weighted by molar-refractivity contribution is 5.35. The van der Waals surface area contributed by atoms with Crippen molar-refractivity contribution in [3.8, 4) is 5.75 Å². The molecule has 0 saturated carbocycles. The van der Waals surface area contributed by atoms with Crippen molar-refractivity contribution in [3.63, 3.8) is 0 Å². The van der Waals surface area contributed by atoms with Crippen LogP contribution in [0.3, 0.4) is 0 Å². The van der Waals surface area contributed by atoms with Gasteiger partial charge in [-0.05, 0) is 31.7 Å². The van der Waals surface area contributed by atoms with Crippen LogP contribution in [-0.2, 0) is 4.74 Å². The lowest BCUT2D eigenvalue weighted by Crippen LogP contribution is -2.21. The van der Waals surface area contributed by atoms with Crippen LogP contribution in [0.4, 0.5) is 0 Å². The van der Waals surface area contributed by atoms with E-state index in [1.807, 2.05) is 24.3 Å². The topological polar surface area (TPSA) is 38.7 Å². The molecule has 2 atom stereocenters. The number of aliphatic hydroxyl groups is 1. The van der Waals surface area contributed by atoms with Crippen molar-refractivity contribution < 1.29 is 14.6 Å². The molecule has 1 saturated heterocycles. The van der Waals surface area contributed by atoms with Gasteiger partial charge in [0.05, 0.1) is 18.8 Å². The van der Waals surface area contributed by atoms with Crippen LogP contribution in [0.15, 0.2) is 24.3 Å². The van der Waals surface area contributed by atoms with Gasteiger partial charge in [-0.2, -0.15) is 0 Å². The highest BCUT2D eigenvalue weighted by atomic mass is 16.5. The Hall–Kier alpha value is -1.06. The summed E-state index contributed by atoms with van der Waals surface area (Å²) < 4.78 is 11.4. The first-order valence-electron chi connectivity index (χ1n) is 7.32. The molecule has 0 aliphatic carbocycles. The minimum Gasteiger partial charge on any atom is -0.493 e. The molecule has 0 amide bonds. The summed E-state index contributed by atoms with van der Waals surface area (Å²) in [7, 11) is 0. The third-order valence-corrected chi connectivity index (χ3v) is 3.50. The fraction of sp³-hybridized carbons (Fsp3) is 0.625. The zero-order valence-electron chi connectivity index (χ0n) is 11.7. The Labute approximate surface area is 115 Å². The predicted octanol–water partition coefficient (Wildman–Crippen LogP) is 3.47. The Kier molecular flexibility index (Phi) is 5.67. The van der Waals surface area contributed by atoms with E-state index in [0.717, 1.165) is 37.2 Å². The fourth-order valence-corrected chi connectivity index (χ4v) is 2.47. The summed E-state index contributed by atoms with van der Waals surface area (Å²) in [6.45, 7) is 3.59. The number of rotatable bonds is 6. The SMILES string of the molecule is CCCOc1ccccc1C(O)CC1CCCCO1. The molecular formula is C16H24O3. The summed E-state index contributed by atoms with van der Waals surface area (Å²) in [5.41, 5.74) is 0.880. The molecule has 3 nitrogen and oxygen atoms in total. The quantitative estimate of drug-likeness (QED) is 0.855. The Morgan fingerprint density at radius 3 is 2.95 bits per heavy atom. The smallest absolute Gasteiger partial charge is 0.125 e. The van der Waals surface area contributed by atoms with Crippen molar-refractivity contribution in [2.45, 2.75) is 51.2 Å². The van der Waals surface area contributed by atoms with E-state index in [0.29, 0.717) is 13.0 Å². The molecule has 1 aliphatic heterocycles. The van der Waals surface area contributed by atoms with Gasteiger partial charge in [0, 0.05) is 18.6 Å². The van der Waals surface area contributed by atoms with Crippen LogP contribution in [0.5, 0.6) is 5.75 Å². The zero-order valence-corrected chi connectivity index (χ0v) is 11.7. The normalized spacial score (nSPS) is 21.1. The number of benzene rings is 1. The van der Waals surface area contributed by atoms with Crippen LogP contribution in [0, 0.1) is 0 Å². The first-order valence-corrected chi connectivity index (χ1v) is 7.32. The van der Waals surface area contributed by atoms with Gasteiger partial charge in [0.15, 0.2) is 0 Å². The molecule has 1 aromatic carbocycles. The van der Waals surface area contributed by atoms with Gasteiger partial charge in [-0.3, -0.25) is 0 Å². The van der Waals surface area contributed by atoms with Crippen LogP contribution in [-0.4, -0.2) is 24.4 Å². The Morgan fingerprint density at radius 1 is 1.37 bits per heavy atom. The fourth-order valence-electron chi connectivity index (χ4n) is 2.47. The second-order valence-electron chi connectivity index (χ2n) is 5.13. The summed E-state index contributed by atoms with van der Waals surface area (Å²) in [5, 5.41) is 10.4. The molecule has 3 heteroatoms. The van der Waals surface area contributed by atoms with E-state index in [4.69, 9.17) is 9.47 Å². The van der Waals surface area contributed by atoms with E-state index >= 15 is 0 Å². The molecule has 0 radical (unpaired) electrons. The number of ether oxygens (including phenoxy) is 2. The molecule has 1 fully saturated rings. The van der Waals surface area contributed by atoms with E-state index in [2.05, 4.69) is 6.92 Å². The van der Waals surface area contributed by atoms with Crippen molar-refractivity contribution >= 4 is 0 Å². The van der Waals surface area contributed by atoms with E-state index < -0.39 is 6.10 Å². The Bertz CT molecular complexity index is 372. The summed E-state index contributed by atoms with van der Waals surface area (Å²) in [4.78, 5) is 0. The average Bonchev–Trinajstić information content (AvgIpc) is 2.46. The van der Waals surface area contributed by atoms with E-state index in [1.54, 1.807) is 0 Å². The summed E-state index contributed by atoms with van der Waals surface area (Å²) in [6.07, 6.45) is 4.70. The van der Waals surface area contributed by atoms with Crippen molar-refractivity contribution in [1.29, 1.82) is 0 Å². The molecule has 0 bridgehead atoms. The molecule has 2 rings (SSSR count). The third kappa shape index (κ3) is 4.22. The van der Waals surface area contributed by atoms with Gasteiger partial charge in [0.2, 0.25) is 0 Å². The van der Waals surface area contributed by atoms with Crippen LogP contribution in [0.1, 0.15) is 50.7 Å². The molecule has 1 aliphatic rings. The van der Waals surface area contributed by atoms with Crippen molar-refractivity contribution in [2.24, 2.45) is 0 Å². The molecule has 1 aromatic rings. The lowest BCUT2D eigenvalue weighted by atomic mass is 9.98. The second-order valence-corrected chi connectivity index (χ2v) is 5.13. The lowest BCUT2D eigenvalue weighted by Gasteiger charge is -2.25. The molecule has 1 N–H and O–H groups in total. The maximum Gasteiger partial charge on any atom is 0.125 e. The van der Waals surface area contributed by atoms with Gasteiger partial charge >= 0.3 is 0 Å². The summed E-state index contributed by atoms with van der Waals surface area (Å²) in [6, 6.07) is 7.76. The van der Waals surface area contributed by atoms with Crippen LogP contribution >= 0.6 is 0 Å². The first-order chi connectivity index (χ1) is 9.31. The molecule has 19 heavy (non-hydrogen) atoms. The number of aliphatic hydroxyl groups excluding tert-OH is 1. The van der Waals surface area contributed by atoms with E-state index in [9.17, 15) is 5.11 Å². The second kappa shape index (κ2) is 7.51. The maximum atomic E-state index is 10.4. The van der Waals surface area contributed by atoms with Gasteiger partial charge < -0.3 is 14.6 Å². The lowest BCUT2D eigenvalue weighted by molar-refractivity contribution is -0.0159. The minimum absolute atomic E-state index is 0.183. The van der Waals surface area contributed by atoms with E-state index in [-0.39, 0.29) is 6.10 Å². The molecule has 0 aromatic heterocycles. The highest BCUT2D eigenvalue weighted by Gasteiger charge is 2.21. The van der Waals surface area contributed by atoms with Crippen LogP contribution in [0.25, 0.3) is 0 Å². The van der Waals surface area contributed by atoms with Crippen molar-refractivity contribution in [2.75, 3.05) is 13.2 Å². The Balaban J connectivity index is 1.98. The molecule has 2 unspecified atom stereocenters. The summed E-state index contributed by atoms with van der Waals surface area (Å²) >= 11 is 0. The monoisotopic (exact) mass is 264 g/mol. The summed E-state index contributed by atoms with van der Waals surface area (Å²) in [5.74, 6) is 0.799. The van der Waals surface area contributed by atoms with Crippen molar-refractivity contribution in [1.82, 2.24) is 0 Å². The van der Waals surface area contributed by atoms with Gasteiger partial charge in [-0.15, -0.1) is 0 Å². The largest absolute Gasteiger partial charge is 0.493 e. The van der Waals surface area contributed by atoms with Gasteiger partial charge in [0.1, 0.15) is 5.75 Å². The number of para-hydroxylation sites is 1. The third-order valence-electron chi connectivity index (χ3n) is 3.50. The highest BCUT2D eigenvalue weighted by Crippen LogP contribution is 2.30. The molecule has 1 heterocycles. The molecule has 0 spiro atoms. The van der Waals surface area contributed by atoms with Gasteiger partial charge in [-0.25, -0.2) is 0 Å². The molecular weight excluding hydrogens is 240 g/mol. The first kappa shape index (κ1) is 14.4. The number of hydrogen-bond acceptors (Lipinski definition) is 3. The van der Waals surface area contributed by atoms with Gasteiger partial charge in [0.25, 0.3) is 0 Å². The van der Waals surface area contributed by atoms with Crippen molar-refractivity contribution in [3.05, 3.63) is 29.8 Å². The average molecular weight is 264 g/mol. The molecule has 106 valence electrons. The standard InChI is InChI=1S/C16H24O3/c1-2-10-19-16-9-4-3-8-14(16)15(17)12-13-7-5-6-11-18-13/h3-4,8-9,13,15,17H,2,5-7,10-12H2,1H3. The predicted molar refractivity (Wildman–Crippen MR) is 75.4 cm³/mol. The zero-order chi connectivity index (χ0) is 13.5. The van der Waals surface area contributed by atoms with Crippen LogP contribution in [0.2, 0.25) is 0 Å².